The molecule has 0 aliphatic rings. The standard InChI is InChI=1S/C12H9ClN6O5S/c13-7-2-1-6(3-8(7)19(23)24)4-14-16-9(20)5-25-11-10(21)15-12(22)18-17-11/h1-4H,5H2,(H,16,20)(H2,15,18,21,22)/b14-4+. The van der Waals surface area contributed by atoms with Crippen molar-refractivity contribution in [2.75, 3.05) is 5.75 Å². The Morgan fingerprint density at radius 2 is 2.24 bits per heavy atom. The lowest BCUT2D eigenvalue weighted by Gasteiger charge is -1.99. The number of rotatable bonds is 6. The average molecular weight is 385 g/mol. The minimum atomic E-state index is -0.750. The quantitative estimate of drug-likeness (QED) is 0.278. The number of carbonyl (C=O) groups excluding carboxylic acids is 1. The molecule has 0 radical (unpaired) electrons. The van der Waals surface area contributed by atoms with Crippen LogP contribution in [0.2, 0.25) is 5.02 Å². The number of nitro benzene ring substituents is 1. The maximum Gasteiger partial charge on any atom is 0.342 e. The van der Waals surface area contributed by atoms with Crippen LogP contribution in [0.25, 0.3) is 0 Å². The molecule has 1 aromatic carbocycles. The molecule has 13 heteroatoms. The first-order valence-corrected chi connectivity index (χ1v) is 7.81. The highest BCUT2D eigenvalue weighted by atomic mass is 35.5. The summed E-state index contributed by atoms with van der Waals surface area (Å²) < 4.78 is 0. The third kappa shape index (κ3) is 5.26. The first-order valence-electron chi connectivity index (χ1n) is 6.44. The van der Waals surface area contributed by atoms with E-state index in [0.717, 1.165) is 11.8 Å². The van der Waals surface area contributed by atoms with Gasteiger partial charge < -0.3 is 0 Å². The highest BCUT2D eigenvalue weighted by Crippen LogP contribution is 2.24. The maximum absolute atomic E-state index is 11.6. The van der Waals surface area contributed by atoms with E-state index in [2.05, 4.69) is 15.6 Å². The zero-order chi connectivity index (χ0) is 18.4. The summed E-state index contributed by atoms with van der Waals surface area (Å²) in [5.74, 6) is -0.725. The van der Waals surface area contributed by atoms with E-state index in [4.69, 9.17) is 11.6 Å². The van der Waals surface area contributed by atoms with Gasteiger partial charge in [0.05, 0.1) is 16.9 Å². The van der Waals surface area contributed by atoms with E-state index >= 15 is 0 Å². The highest BCUT2D eigenvalue weighted by Gasteiger charge is 2.12. The minimum Gasteiger partial charge on any atom is -0.272 e. The zero-order valence-corrected chi connectivity index (χ0v) is 13.8. The van der Waals surface area contributed by atoms with Crippen LogP contribution in [0, 0.1) is 10.1 Å². The monoisotopic (exact) mass is 384 g/mol. The molecule has 0 saturated carbocycles. The number of thioether (sulfide) groups is 1. The van der Waals surface area contributed by atoms with Crippen LogP contribution >= 0.6 is 23.4 Å². The van der Waals surface area contributed by atoms with Crippen LogP contribution in [0.4, 0.5) is 5.69 Å². The molecule has 0 fully saturated rings. The molecule has 11 nitrogen and oxygen atoms in total. The van der Waals surface area contributed by atoms with Gasteiger partial charge in [0.2, 0.25) is 5.91 Å². The average Bonchev–Trinajstić information content (AvgIpc) is 2.55. The SMILES string of the molecule is O=C(CSc1n[nH]c(=O)[nH]c1=O)N/N=C/c1ccc(Cl)c([N+](=O)[O-])c1. The smallest absolute Gasteiger partial charge is 0.272 e. The topological polar surface area (TPSA) is 163 Å². The van der Waals surface area contributed by atoms with Crippen molar-refractivity contribution >= 4 is 41.2 Å². The molecule has 1 aromatic heterocycles. The number of halogens is 1. The van der Waals surface area contributed by atoms with Gasteiger partial charge in [-0.05, 0) is 6.07 Å². The van der Waals surface area contributed by atoms with Gasteiger partial charge in [0.1, 0.15) is 5.02 Å². The van der Waals surface area contributed by atoms with E-state index in [9.17, 15) is 24.5 Å². The molecule has 0 aliphatic carbocycles. The lowest BCUT2D eigenvalue weighted by Crippen LogP contribution is -2.26. The molecule has 0 bridgehead atoms. The van der Waals surface area contributed by atoms with Crippen molar-refractivity contribution in [1.82, 2.24) is 20.6 Å². The number of H-pyrrole nitrogens is 2. The summed E-state index contributed by atoms with van der Waals surface area (Å²) in [5.41, 5.74) is 0.813. The molecular weight excluding hydrogens is 376 g/mol. The van der Waals surface area contributed by atoms with Crippen molar-refractivity contribution < 1.29 is 9.72 Å². The molecule has 2 rings (SSSR count). The fourth-order valence-electron chi connectivity index (χ4n) is 1.53. The van der Waals surface area contributed by atoms with E-state index in [0.29, 0.717) is 5.56 Å². The Hall–Kier alpha value is -2.99. The lowest BCUT2D eigenvalue weighted by atomic mass is 10.2. The van der Waals surface area contributed by atoms with E-state index in [1.165, 1.54) is 24.4 Å². The van der Waals surface area contributed by atoms with Gasteiger partial charge in [-0.15, -0.1) is 0 Å². The summed E-state index contributed by atoms with van der Waals surface area (Å²) in [7, 11) is 0. The number of carbonyl (C=O) groups is 1. The first-order chi connectivity index (χ1) is 11.9. The number of nitro groups is 1. The fourth-order valence-corrected chi connectivity index (χ4v) is 2.34. The predicted octanol–water partition coefficient (Wildman–Crippen LogP) is 0.262. The summed E-state index contributed by atoms with van der Waals surface area (Å²) in [6.45, 7) is 0. The highest BCUT2D eigenvalue weighted by molar-refractivity contribution is 7.99. The zero-order valence-electron chi connectivity index (χ0n) is 12.2. The van der Waals surface area contributed by atoms with E-state index < -0.39 is 22.1 Å². The molecule has 0 spiro atoms. The molecular formula is C12H9ClN6O5S. The maximum atomic E-state index is 11.6. The third-order valence-electron chi connectivity index (χ3n) is 2.59. The molecule has 0 unspecified atom stereocenters. The number of amides is 1. The lowest BCUT2D eigenvalue weighted by molar-refractivity contribution is -0.384. The molecule has 2 aromatic rings. The number of nitrogens with one attached hydrogen (secondary N) is 3. The van der Waals surface area contributed by atoms with Crippen LogP contribution in [-0.2, 0) is 4.79 Å². The Balaban J connectivity index is 1.92. The number of hydrogen-bond donors (Lipinski definition) is 3. The van der Waals surface area contributed by atoms with Gasteiger partial charge in [0, 0.05) is 11.6 Å². The second kappa shape index (κ2) is 8.21. The van der Waals surface area contributed by atoms with Crippen molar-refractivity contribution in [3.05, 3.63) is 59.7 Å². The summed E-state index contributed by atoms with van der Waals surface area (Å²) in [6.07, 6.45) is 1.21. The van der Waals surface area contributed by atoms with Crippen LogP contribution in [-0.4, -0.2) is 38.0 Å². The van der Waals surface area contributed by atoms with Gasteiger partial charge in [-0.3, -0.25) is 24.7 Å². The number of benzene rings is 1. The number of hydrogen-bond acceptors (Lipinski definition) is 8. The van der Waals surface area contributed by atoms with Crippen LogP contribution < -0.4 is 16.7 Å². The Bertz CT molecular complexity index is 955. The van der Waals surface area contributed by atoms with Crippen molar-refractivity contribution in [2.24, 2.45) is 5.10 Å². The molecule has 1 heterocycles. The van der Waals surface area contributed by atoms with E-state index in [1.807, 2.05) is 10.1 Å². The van der Waals surface area contributed by atoms with Crippen LogP contribution in [0.1, 0.15) is 5.56 Å². The Morgan fingerprint density at radius 3 is 2.92 bits per heavy atom. The summed E-state index contributed by atoms with van der Waals surface area (Å²) >= 11 is 6.48. The van der Waals surface area contributed by atoms with Gasteiger partial charge in [-0.1, -0.05) is 29.4 Å². The molecule has 25 heavy (non-hydrogen) atoms. The van der Waals surface area contributed by atoms with Crippen LogP contribution in [0.15, 0.2) is 37.9 Å². The summed E-state index contributed by atoms with van der Waals surface area (Å²) in [6, 6.07) is 4.03. The fraction of sp³-hybridized carbons (Fsp3) is 0.0833. The van der Waals surface area contributed by atoms with Crippen LogP contribution in [0.5, 0.6) is 0 Å². The number of nitrogens with zero attached hydrogens (tertiary/aromatic N) is 3. The van der Waals surface area contributed by atoms with Gasteiger partial charge in [0.15, 0.2) is 5.03 Å². The van der Waals surface area contributed by atoms with Gasteiger partial charge in [-0.25, -0.2) is 15.3 Å². The summed E-state index contributed by atoms with van der Waals surface area (Å²) in [5, 5.41) is 19.9. The van der Waals surface area contributed by atoms with Crippen molar-refractivity contribution in [1.29, 1.82) is 0 Å². The Kier molecular flexibility index (Phi) is 6.03. The molecule has 0 saturated heterocycles. The van der Waals surface area contributed by atoms with Gasteiger partial charge in [0.25, 0.3) is 11.2 Å². The van der Waals surface area contributed by atoms with Crippen LogP contribution in [0.3, 0.4) is 0 Å². The predicted molar refractivity (Wildman–Crippen MR) is 90.0 cm³/mol. The number of aromatic amines is 2. The Labute approximate surface area is 147 Å². The largest absolute Gasteiger partial charge is 0.342 e. The number of hydrazone groups is 1. The minimum absolute atomic E-state index is 0.0128. The molecule has 0 aliphatic heterocycles. The molecule has 130 valence electrons. The molecule has 0 atom stereocenters. The second-order valence-electron chi connectivity index (χ2n) is 4.36. The third-order valence-corrected chi connectivity index (χ3v) is 3.87. The van der Waals surface area contributed by atoms with E-state index in [-0.39, 0.29) is 21.5 Å². The van der Waals surface area contributed by atoms with Crippen molar-refractivity contribution in [3.8, 4) is 0 Å². The van der Waals surface area contributed by atoms with Crippen molar-refractivity contribution in [2.45, 2.75) is 5.03 Å². The Morgan fingerprint density at radius 1 is 1.48 bits per heavy atom. The molecule has 1 amide bonds. The summed E-state index contributed by atoms with van der Waals surface area (Å²) in [4.78, 5) is 45.9. The normalized spacial score (nSPS) is 10.8. The van der Waals surface area contributed by atoms with E-state index in [1.54, 1.807) is 0 Å². The number of aromatic nitrogens is 3. The van der Waals surface area contributed by atoms with Gasteiger partial charge >= 0.3 is 5.69 Å². The first kappa shape index (κ1) is 18.4. The van der Waals surface area contributed by atoms with Gasteiger partial charge in [-0.2, -0.15) is 10.2 Å². The second-order valence-corrected chi connectivity index (χ2v) is 5.73. The molecule has 3 N–H and O–H groups in total. The van der Waals surface area contributed by atoms with Crippen molar-refractivity contribution in [3.63, 3.8) is 0 Å².